The molecular weight excluding hydrogens is 203 g/mol. The predicted molar refractivity (Wildman–Crippen MR) is 40.5 cm³/mol. The van der Waals surface area contributed by atoms with Crippen molar-refractivity contribution in [2.75, 3.05) is 0 Å². The Bertz CT molecular complexity index is 68.9. The third-order valence-electron chi connectivity index (χ3n) is 0.777. The monoisotopic (exact) mass is 218 g/mol. The first-order valence-electron chi connectivity index (χ1n) is 2.92. The Labute approximate surface area is 62.6 Å². The summed E-state index contributed by atoms with van der Waals surface area (Å²) < 4.78 is 1.96. The van der Waals surface area contributed by atoms with Crippen molar-refractivity contribution in [1.29, 1.82) is 0 Å². The summed E-state index contributed by atoms with van der Waals surface area (Å²) in [5.41, 5.74) is 0. The topological polar surface area (TPSA) is 0 Å². The van der Waals surface area contributed by atoms with Crippen molar-refractivity contribution in [2.45, 2.75) is 28.6 Å². The van der Waals surface area contributed by atoms with Crippen LogP contribution in [0.2, 0.25) is 7.87 Å². The van der Waals surface area contributed by atoms with Crippen LogP contribution in [-0.2, 0) is 0 Å². The minimum atomic E-state index is -0.118. The van der Waals surface area contributed by atoms with Crippen LogP contribution in [0.4, 0.5) is 0 Å². The van der Waals surface area contributed by atoms with E-state index in [2.05, 4.69) is 33.4 Å². The molecule has 46 valence electrons. The fourth-order valence-corrected chi connectivity index (χ4v) is 2.54. The van der Waals surface area contributed by atoms with E-state index in [0.717, 1.165) is 0 Å². The quantitative estimate of drug-likeness (QED) is 0.492. The van der Waals surface area contributed by atoms with E-state index in [1.54, 1.807) is 0 Å². The first-order valence-corrected chi connectivity index (χ1v) is 6.37. The number of hydrogen-bond donors (Lipinski definition) is 0. The Balaban J connectivity index is 3.24. The molecule has 0 atom stereocenters. The van der Waals surface area contributed by atoms with Crippen LogP contribution in [0, 0.1) is 0 Å². The number of rotatable bonds is 2. The van der Waals surface area contributed by atoms with Crippen molar-refractivity contribution in [3.63, 3.8) is 0 Å². The van der Waals surface area contributed by atoms with Crippen molar-refractivity contribution >= 4 is 21.1 Å². The molecular formula is C7H14Sn. The van der Waals surface area contributed by atoms with Gasteiger partial charge in [0.2, 0.25) is 0 Å². The van der Waals surface area contributed by atoms with Crippen LogP contribution in [0.25, 0.3) is 0 Å². The van der Waals surface area contributed by atoms with Crippen LogP contribution in [0.1, 0.15) is 20.8 Å². The van der Waals surface area contributed by atoms with Gasteiger partial charge in [0, 0.05) is 0 Å². The zero-order valence-corrected chi connectivity index (χ0v) is 8.85. The molecule has 0 fully saturated rings. The molecule has 0 nitrogen and oxygen atoms in total. The molecule has 0 amide bonds. The van der Waals surface area contributed by atoms with Gasteiger partial charge in [-0.3, -0.25) is 0 Å². The number of allylic oxidation sites excluding steroid dienone is 1. The maximum atomic E-state index is 3.71. The number of hydrogen-bond acceptors (Lipinski definition) is 0. The van der Waals surface area contributed by atoms with Crippen LogP contribution in [0.5, 0.6) is 0 Å². The average molecular weight is 217 g/mol. The molecule has 0 aliphatic carbocycles. The van der Waals surface area contributed by atoms with Crippen LogP contribution in [0.15, 0.2) is 12.7 Å². The Kier molecular flexibility index (Phi) is 3.78. The summed E-state index contributed by atoms with van der Waals surface area (Å²) >= 11 is -0.118. The summed E-state index contributed by atoms with van der Waals surface area (Å²) in [7, 11) is 0. The van der Waals surface area contributed by atoms with Gasteiger partial charge in [-0.1, -0.05) is 0 Å². The van der Waals surface area contributed by atoms with Crippen LogP contribution in [0.3, 0.4) is 0 Å². The minimum absolute atomic E-state index is 0.118. The van der Waals surface area contributed by atoms with E-state index in [9.17, 15) is 0 Å². The van der Waals surface area contributed by atoms with Gasteiger partial charge in [-0.15, -0.1) is 0 Å². The van der Waals surface area contributed by atoms with Crippen molar-refractivity contribution < 1.29 is 0 Å². The predicted octanol–water partition coefficient (Wildman–Crippen LogP) is 2.51. The molecule has 2 radical (unpaired) electrons. The molecule has 1 heteroatoms. The molecule has 0 heterocycles. The van der Waals surface area contributed by atoms with E-state index in [4.69, 9.17) is 0 Å². The molecule has 0 aliphatic heterocycles. The second kappa shape index (κ2) is 3.54. The van der Waals surface area contributed by atoms with Crippen molar-refractivity contribution in [1.82, 2.24) is 0 Å². The van der Waals surface area contributed by atoms with Crippen molar-refractivity contribution in [3.05, 3.63) is 12.7 Å². The molecule has 8 heavy (non-hydrogen) atoms. The third kappa shape index (κ3) is 6.54. The SMILES string of the molecule is C=C[CH2][Sn][C](C)(C)C. The van der Waals surface area contributed by atoms with Gasteiger partial charge < -0.3 is 0 Å². The molecule has 0 rings (SSSR count). The summed E-state index contributed by atoms with van der Waals surface area (Å²) in [5, 5.41) is 0. The molecule has 0 N–H and O–H groups in total. The first-order chi connectivity index (χ1) is 3.56. The Morgan fingerprint density at radius 3 is 2.12 bits per heavy atom. The van der Waals surface area contributed by atoms with Crippen molar-refractivity contribution in [2.24, 2.45) is 0 Å². The van der Waals surface area contributed by atoms with E-state index in [1.807, 2.05) is 0 Å². The van der Waals surface area contributed by atoms with Gasteiger partial charge in [0.25, 0.3) is 0 Å². The molecule has 0 aliphatic rings. The standard InChI is InChI=1S/C4H9.C3H5.Sn/c1-4(2)3;1-3-2;/h1-3H3;3H,1-2H2;. The summed E-state index contributed by atoms with van der Waals surface area (Å²) in [6.45, 7) is 10.7. The molecule has 0 aromatic rings. The average Bonchev–Trinajstić information content (AvgIpc) is 1.59. The fraction of sp³-hybridized carbons (Fsp3) is 0.714. The van der Waals surface area contributed by atoms with Gasteiger partial charge in [-0.25, -0.2) is 0 Å². The zero-order chi connectivity index (χ0) is 6.62. The molecule has 0 bridgehead atoms. The van der Waals surface area contributed by atoms with Crippen LogP contribution >= 0.6 is 0 Å². The van der Waals surface area contributed by atoms with Crippen molar-refractivity contribution in [3.8, 4) is 0 Å². The first kappa shape index (κ1) is 8.54. The van der Waals surface area contributed by atoms with E-state index >= 15 is 0 Å². The van der Waals surface area contributed by atoms with E-state index in [-0.39, 0.29) is 21.1 Å². The van der Waals surface area contributed by atoms with Gasteiger partial charge >= 0.3 is 62.4 Å². The Hall–Kier alpha value is 0.539. The third-order valence-corrected chi connectivity index (χ3v) is 5.21. The van der Waals surface area contributed by atoms with Gasteiger partial charge in [0.15, 0.2) is 0 Å². The normalized spacial score (nSPS) is 11.4. The van der Waals surface area contributed by atoms with Gasteiger partial charge in [-0.05, 0) is 0 Å². The van der Waals surface area contributed by atoms with Gasteiger partial charge in [0.1, 0.15) is 0 Å². The van der Waals surface area contributed by atoms with Gasteiger partial charge in [-0.2, -0.15) is 0 Å². The summed E-state index contributed by atoms with van der Waals surface area (Å²) in [5.74, 6) is 0. The molecule has 0 saturated heterocycles. The van der Waals surface area contributed by atoms with E-state index < -0.39 is 0 Å². The Morgan fingerprint density at radius 2 is 2.00 bits per heavy atom. The maximum absolute atomic E-state index is 3.71. The summed E-state index contributed by atoms with van der Waals surface area (Å²) in [4.78, 5) is 0. The van der Waals surface area contributed by atoms with Crippen LogP contribution in [-0.4, -0.2) is 21.1 Å². The molecule has 0 aromatic heterocycles. The van der Waals surface area contributed by atoms with Crippen LogP contribution < -0.4 is 0 Å². The second-order valence-electron chi connectivity index (χ2n) is 2.92. The fourth-order valence-electron chi connectivity index (χ4n) is 0.378. The second-order valence-corrected chi connectivity index (χ2v) is 9.37. The summed E-state index contributed by atoms with van der Waals surface area (Å²) in [6.07, 6.45) is 2.05. The molecule has 0 spiro atoms. The molecule has 0 aromatic carbocycles. The molecule has 0 saturated carbocycles. The Morgan fingerprint density at radius 1 is 1.50 bits per heavy atom. The molecule has 0 unspecified atom stereocenters. The zero-order valence-electron chi connectivity index (χ0n) is 5.99. The van der Waals surface area contributed by atoms with E-state index in [1.165, 1.54) is 4.44 Å². The van der Waals surface area contributed by atoms with E-state index in [0.29, 0.717) is 3.43 Å². The summed E-state index contributed by atoms with van der Waals surface area (Å²) in [6, 6.07) is 0. The van der Waals surface area contributed by atoms with Gasteiger partial charge in [0.05, 0.1) is 0 Å².